The van der Waals surface area contributed by atoms with E-state index in [1.807, 2.05) is 17.8 Å². The highest BCUT2D eigenvalue weighted by Crippen LogP contribution is 2.43. The molecule has 0 radical (unpaired) electrons. The van der Waals surface area contributed by atoms with Gasteiger partial charge in [-0.3, -0.25) is 27.3 Å². The first kappa shape index (κ1) is 32.0. The van der Waals surface area contributed by atoms with Crippen LogP contribution in [0.5, 0.6) is 0 Å². The third-order valence-electron chi connectivity index (χ3n) is 5.88. The molecule has 1 fully saturated rings. The van der Waals surface area contributed by atoms with E-state index >= 15 is 0 Å². The molecule has 2 heterocycles. The lowest BCUT2D eigenvalue weighted by atomic mass is 9.96. The molecule has 2 aromatic carbocycles. The van der Waals surface area contributed by atoms with Gasteiger partial charge in [-0.05, 0) is 55.7 Å². The SMILES string of the molecule is CC(C)N1CCN(C2Cc3ccccc3Sc3ccc(Cl)cc32)CC1.COS(=O)(=O)O.COS(=O)(=O)O. The summed E-state index contributed by atoms with van der Waals surface area (Å²) >= 11 is 8.26. The van der Waals surface area contributed by atoms with E-state index in [0.717, 1.165) is 51.8 Å². The predicted octanol–water partition coefficient (Wildman–Crippen LogP) is 3.99. The second-order valence-corrected chi connectivity index (χ2v) is 12.4. The molecule has 2 aromatic rings. The Bertz CT molecular complexity index is 1200. The first-order chi connectivity index (χ1) is 17.2. The summed E-state index contributed by atoms with van der Waals surface area (Å²) in [6.45, 7) is 9.15. The Morgan fingerprint density at radius 2 is 1.46 bits per heavy atom. The van der Waals surface area contributed by atoms with Crippen molar-refractivity contribution < 1.29 is 34.3 Å². The summed E-state index contributed by atoms with van der Waals surface area (Å²) in [6.07, 6.45) is 1.07. The maximum atomic E-state index is 9.33. The average Bonchev–Trinajstić information content (AvgIpc) is 3.00. The predicted molar refractivity (Wildman–Crippen MR) is 144 cm³/mol. The summed E-state index contributed by atoms with van der Waals surface area (Å²) in [7, 11) is -6.58. The van der Waals surface area contributed by atoms with Crippen molar-refractivity contribution in [2.24, 2.45) is 0 Å². The third kappa shape index (κ3) is 10.8. The highest BCUT2D eigenvalue weighted by atomic mass is 35.5. The second-order valence-electron chi connectivity index (χ2n) is 8.47. The van der Waals surface area contributed by atoms with Crippen LogP contribution in [-0.2, 0) is 35.6 Å². The van der Waals surface area contributed by atoms with Gasteiger partial charge in [0.2, 0.25) is 0 Å². The van der Waals surface area contributed by atoms with Crippen molar-refractivity contribution >= 4 is 44.2 Å². The largest absolute Gasteiger partial charge is 0.397 e. The molecular weight excluding hydrogens is 564 g/mol. The standard InChI is InChI=1S/C21H25ClN2S.2CH4O4S/c1-15(2)23-9-11-24(12-10-23)19-13-16-5-3-4-6-20(16)25-21-8-7-17(22)14-18(19)21;2*1-5-6(2,3)4/h3-8,14-15,19H,9-13H2,1-2H3;2*1H3,(H,2,3,4). The normalized spacial score (nSPS) is 18.4. The van der Waals surface area contributed by atoms with Gasteiger partial charge >= 0.3 is 20.8 Å². The molecule has 0 aromatic heterocycles. The van der Waals surface area contributed by atoms with Gasteiger partial charge < -0.3 is 0 Å². The van der Waals surface area contributed by atoms with E-state index in [1.54, 1.807) is 0 Å². The molecule has 2 aliphatic heterocycles. The molecule has 2 aliphatic rings. The van der Waals surface area contributed by atoms with Gasteiger partial charge in [0.25, 0.3) is 0 Å². The molecule has 0 spiro atoms. The van der Waals surface area contributed by atoms with Crippen molar-refractivity contribution in [3.8, 4) is 0 Å². The topological polar surface area (TPSA) is 134 Å². The molecule has 208 valence electrons. The number of halogens is 1. The monoisotopic (exact) mass is 596 g/mol. The van der Waals surface area contributed by atoms with Crippen molar-refractivity contribution in [1.82, 2.24) is 9.80 Å². The lowest BCUT2D eigenvalue weighted by Gasteiger charge is -2.41. The number of fused-ring (bicyclic) bond motifs is 2. The van der Waals surface area contributed by atoms with Crippen molar-refractivity contribution in [3.63, 3.8) is 0 Å². The Labute approximate surface area is 228 Å². The molecule has 0 bridgehead atoms. The van der Waals surface area contributed by atoms with Gasteiger partial charge in [-0.2, -0.15) is 16.8 Å². The molecule has 4 rings (SSSR count). The quantitative estimate of drug-likeness (QED) is 0.496. The van der Waals surface area contributed by atoms with Gasteiger partial charge in [-0.1, -0.05) is 41.6 Å². The zero-order valence-corrected chi connectivity index (χ0v) is 24.3. The summed E-state index contributed by atoms with van der Waals surface area (Å²) in [5, 5.41) is 0.844. The number of benzene rings is 2. The second kappa shape index (κ2) is 14.2. The van der Waals surface area contributed by atoms with E-state index in [1.165, 1.54) is 20.9 Å². The van der Waals surface area contributed by atoms with Crippen LogP contribution < -0.4 is 0 Å². The van der Waals surface area contributed by atoms with Crippen LogP contribution in [0.25, 0.3) is 0 Å². The molecule has 0 amide bonds. The van der Waals surface area contributed by atoms with Crippen molar-refractivity contribution in [2.45, 2.75) is 42.1 Å². The first-order valence-electron chi connectivity index (χ1n) is 11.3. The Morgan fingerprint density at radius 3 is 1.97 bits per heavy atom. The Morgan fingerprint density at radius 1 is 0.919 bits per heavy atom. The van der Waals surface area contributed by atoms with E-state index in [2.05, 4.69) is 68.4 Å². The van der Waals surface area contributed by atoms with Crippen LogP contribution in [0.3, 0.4) is 0 Å². The summed E-state index contributed by atoms with van der Waals surface area (Å²) in [6, 6.07) is 16.3. The maximum absolute atomic E-state index is 9.33. The first-order valence-corrected chi connectivity index (χ1v) is 15.3. The Kier molecular flexibility index (Phi) is 12.3. The van der Waals surface area contributed by atoms with Gasteiger partial charge in [0.05, 0.1) is 14.2 Å². The average molecular weight is 597 g/mol. The minimum absolute atomic E-state index is 0.416. The molecule has 1 unspecified atom stereocenters. The van der Waals surface area contributed by atoms with Gasteiger partial charge in [0, 0.05) is 53.1 Å². The molecule has 0 saturated carbocycles. The summed E-state index contributed by atoms with van der Waals surface area (Å²) in [5.41, 5.74) is 2.85. The summed E-state index contributed by atoms with van der Waals surface area (Å²) < 4.78 is 59.4. The van der Waals surface area contributed by atoms with E-state index in [0.29, 0.717) is 12.1 Å². The number of piperazine rings is 1. The minimum atomic E-state index is -4.16. The van der Waals surface area contributed by atoms with Crippen LogP contribution >= 0.6 is 23.4 Å². The van der Waals surface area contributed by atoms with Crippen molar-refractivity contribution in [2.75, 3.05) is 40.4 Å². The van der Waals surface area contributed by atoms with Gasteiger partial charge in [0.1, 0.15) is 0 Å². The van der Waals surface area contributed by atoms with Crippen LogP contribution in [0.15, 0.2) is 52.3 Å². The summed E-state index contributed by atoms with van der Waals surface area (Å²) in [4.78, 5) is 7.98. The highest BCUT2D eigenvalue weighted by Gasteiger charge is 2.30. The molecular formula is C23H33ClN2O8S3. The van der Waals surface area contributed by atoms with Crippen LogP contribution in [0.1, 0.15) is 31.0 Å². The lowest BCUT2D eigenvalue weighted by molar-refractivity contribution is 0.0768. The van der Waals surface area contributed by atoms with Crippen LogP contribution in [0, 0.1) is 0 Å². The zero-order valence-electron chi connectivity index (χ0n) is 21.1. The van der Waals surface area contributed by atoms with E-state index in [-0.39, 0.29) is 0 Å². The van der Waals surface area contributed by atoms with E-state index < -0.39 is 20.8 Å². The molecule has 1 saturated heterocycles. The highest BCUT2D eigenvalue weighted by molar-refractivity contribution is 7.99. The van der Waals surface area contributed by atoms with Gasteiger partial charge in [-0.25, -0.2) is 0 Å². The number of rotatable bonds is 4. The fourth-order valence-corrected chi connectivity index (χ4v) is 5.27. The third-order valence-corrected chi connectivity index (χ3v) is 8.17. The smallest absolute Gasteiger partial charge is 0.298 e. The molecule has 1 atom stereocenters. The fraction of sp³-hybridized carbons (Fsp3) is 0.478. The molecule has 14 heteroatoms. The number of hydrogen-bond acceptors (Lipinski definition) is 9. The van der Waals surface area contributed by atoms with Crippen LogP contribution in [0.4, 0.5) is 0 Å². The number of nitrogens with zero attached hydrogens (tertiary/aromatic N) is 2. The molecule has 37 heavy (non-hydrogen) atoms. The zero-order chi connectivity index (χ0) is 27.8. The Hall–Kier alpha value is -1.26. The fourth-order valence-electron chi connectivity index (χ4n) is 3.97. The van der Waals surface area contributed by atoms with E-state index in [9.17, 15) is 16.8 Å². The van der Waals surface area contributed by atoms with E-state index in [4.69, 9.17) is 20.7 Å². The lowest BCUT2D eigenvalue weighted by Crippen LogP contribution is -2.50. The molecule has 2 N–H and O–H groups in total. The Balaban J connectivity index is 0.000000336. The van der Waals surface area contributed by atoms with Crippen molar-refractivity contribution in [1.29, 1.82) is 0 Å². The van der Waals surface area contributed by atoms with Gasteiger partial charge in [-0.15, -0.1) is 0 Å². The minimum Gasteiger partial charge on any atom is -0.298 e. The van der Waals surface area contributed by atoms with Crippen LogP contribution in [0.2, 0.25) is 5.02 Å². The molecule has 10 nitrogen and oxygen atoms in total. The van der Waals surface area contributed by atoms with Gasteiger partial charge in [0.15, 0.2) is 0 Å². The molecule has 0 aliphatic carbocycles. The summed E-state index contributed by atoms with van der Waals surface area (Å²) in [5.74, 6) is 0. The van der Waals surface area contributed by atoms with Crippen molar-refractivity contribution in [3.05, 3.63) is 58.6 Å². The van der Waals surface area contributed by atoms with Crippen LogP contribution in [-0.4, -0.2) is 82.2 Å². The maximum Gasteiger partial charge on any atom is 0.397 e. The number of hydrogen-bond donors (Lipinski definition) is 2.